The van der Waals surface area contributed by atoms with Crippen LogP contribution in [-0.4, -0.2) is 23.9 Å². The Bertz CT molecular complexity index is 465. The minimum atomic E-state index is -0.560. The molecule has 2 atom stereocenters. The first-order valence-corrected chi connectivity index (χ1v) is 6.90. The highest BCUT2D eigenvalue weighted by molar-refractivity contribution is 5.48. The summed E-state index contributed by atoms with van der Waals surface area (Å²) in [5, 5.41) is 10.2. The van der Waals surface area contributed by atoms with Crippen LogP contribution in [0.4, 0.5) is 0 Å². The summed E-state index contributed by atoms with van der Waals surface area (Å²) in [5.41, 5.74) is 1.66. The molecular formula is C16H24O3. The van der Waals surface area contributed by atoms with Crippen LogP contribution in [0.25, 0.3) is 0 Å². The lowest BCUT2D eigenvalue weighted by molar-refractivity contribution is -0.0381. The molecule has 1 aliphatic rings. The third-order valence-electron chi connectivity index (χ3n) is 4.11. The molecule has 0 saturated heterocycles. The number of benzene rings is 1. The van der Waals surface area contributed by atoms with E-state index >= 15 is 0 Å². The van der Waals surface area contributed by atoms with Crippen molar-refractivity contribution >= 4 is 0 Å². The predicted octanol–water partition coefficient (Wildman–Crippen LogP) is 3.42. The second kappa shape index (κ2) is 5.04. The Hall–Kier alpha value is -1.22. The molecule has 19 heavy (non-hydrogen) atoms. The molecule has 0 spiro atoms. The molecule has 3 nitrogen and oxygen atoms in total. The first kappa shape index (κ1) is 14.2. The second-order valence-corrected chi connectivity index (χ2v) is 6.06. The topological polar surface area (TPSA) is 38.7 Å². The van der Waals surface area contributed by atoms with Gasteiger partial charge in [-0.15, -0.1) is 0 Å². The van der Waals surface area contributed by atoms with Crippen molar-refractivity contribution in [2.24, 2.45) is 0 Å². The molecule has 0 unspecified atom stereocenters. The summed E-state index contributed by atoms with van der Waals surface area (Å²) in [6.07, 6.45) is 1.27. The zero-order chi connectivity index (χ0) is 14.2. The number of rotatable bonds is 1. The summed E-state index contributed by atoms with van der Waals surface area (Å²) in [4.78, 5) is 0. The number of ether oxygens (including phenoxy) is 2. The lowest BCUT2D eigenvalue weighted by Gasteiger charge is -2.36. The van der Waals surface area contributed by atoms with Crippen molar-refractivity contribution in [3.63, 3.8) is 0 Å². The van der Waals surface area contributed by atoms with E-state index in [2.05, 4.69) is 13.0 Å². The first-order valence-electron chi connectivity index (χ1n) is 6.90. The van der Waals surface area contributed by atoms with Crippen molar-refractivity contribution in [1.29, 1.82) is 0 Å². The van der Waals surface area contributed by atoms with Gasteiger partial charge in [-0.25, -0.2) is 0 Å². The summed E-state index contributed by atoms with van der Waals surface area (Å²) in [5.74, 6) is 2.12. The minimum Gasteiger partial charge on any atom is -0.496 e. The Kier molecular flexibility index (Phi) is 3.77. The maximum Gasteiger partial charge on any atom is 0.129 e. The fraction of sp³-hybridized carbons (Fsp3) is 0.625. The van der Waals surface area contributed by atoms with Crippen LogP contribution in [-0.2, 0) is 0 Å². The van der Waals surface area contributed by atoms with Gasteiger partial charge in [-0.2, -0.15) is 0 Å². The van der Waals surface area contributed by atoms with Crippen LogP contribution >= 0.6 is 0 Å². The van der Waals surface area contributed by atoms with Gasteiger partial charge in [0.15, 0.2) is 0 Å². The van der Waals surface area contributed by atoms with E-state index in [1.807, 2.05) is 26.8 Å². The maximum absolute atomic E-state index is 10.2. The molecular weight excluding hydrogens is 240 g/mol. The molecule has 0 fully saturated rings. The largest absolute Gasteiger partial charge is 0.496 e. The fourth-order valence-corrected chi connectivity index (χ4v) is 2.63. The molecule has 0 aliphatic carbocycles. The maximum atomic E-state index is 10.2. The van der Waals surface area contributed by atoms with Crippen molar-refractivity contribution in [1.82, 2.24) is 0 Å². The number of aliphatic hydroxyl groups is 1. The van der Waals surface area contributed by atoms with Crippen LogP contribution in [0.15, 0.2) is 12.1 Å². The van der Waals surface area contributed by atoms with E-state index in [0.29, 0.717) is 5.92 Å². The number of aliphatic hydroxyl groups excluding tert-OH is 1. The van der Waals surface area contributed by atoms with Crippen LogP contribution in [0.2, 0.25) is 0 Å². The quantitative estimate of drug-likeness (QED) is 0.844. The van der Waals surface area contributed by atoms with Crippen LogP contribution < -0.4 is 9.47 Å². The average Bonchev–Trinajstić information content (AvgIpc) is 2.34. The van der Waals surface area contributed by atoms with Crippen molar-refractivity contribution in [2.45, 2.75) is 58.2 Å². The Morgan fingerprint density at radius 3 is 2.63 bits per heavy atom. The molecule has 3 heteroatoms. The van der Waals surface area contributed by atoms with E-state index in [1.54, 1.807) is 7.11 Å². The Balaban J connectivity index is 2.50. The summed E-state index contributed by atoms with van der Waals surface area (Å²) in [6.45, 7) is 8.06. The lowest BCUT2D eigenvalue weighted by Crippen LogP contribution is -2.43. The van der Waals surface area contributed by atoms with E-state index in [0.717, 1.165) is 29.9 Å². The summed E-state index contributed by atoms with van der Waals surface area (Å²) < 4.78 is 11.5. The molecule has 106 valence electrons. The average molecular weight is 264 g/mol. The minimum absolute atomic E-state index is 0.357. The van der Waals surface area contributed by atoms with E-state index in [9.17, 15) is 5.11 Å². The van der Waals surface area contributed by atoms with Crippen LogP contribution in [0.5, 0.6) is 11.5 Å². The molecule has 2 rings (SSSR count). The Morgan fingerprint density at radius 2 is 2.00 bits per heavy atom. The highest BCUT2D eigenvalue weighted by Crippen LogP contribution is 2.40. The fourth-order valence-electron chi connectivity index (χ4n) is 2.63. The van der Waals surface area contributed by atoms with Crippen molar-refractivity contribution in [2.75, 3.05) is 7.11 Å². The molecule has 0 saturated carbocycles. The summed E-state index contributed by atoms with van der Waals surface area (Å²) in [6, 6.07) is 4.09. The first-order chi connectivity index (χ1) is 8.85. The van der Waals surface area contributed by atoms with E-state index in [1.165, 1.54) is 5.56 Å². The van der Waals surface area contributed by atoms with Gasteiger partial charge in [-0.05, 0) is 57.2 Å². The van der Waals surface area contributed by atoms with Crippen LogP contribution in [0.1, 0.15) is 50.7 Å². The molecule has 1 aromatic rings. The monoisotopic (exact) mass is 264 g/mol. The van der Waals surface area contributed by atoms with Gasteiger partial charge in [0.25, 0.3) is 0 Å². The third-order valence-corrected chi connectivity index (χ3v) is 4.11. The number of methoxy groups -OCH3 is 1. The summed E-state index contributed by atoms with van der Waals surface area (Å²) >= 11 is 0. The van der Waals surface area contributed by atoms with Crippen LogP contribution in [0, 0.1) is 6.92 Å². The molecule has 1 N–H and O–H groups in total. The standard InChI is InChI=1S/C16H24O3/c1-10-6-7-15(17)16(3,4)19-14-8-11(2)13(18-5)9-12(10)14/h8-10,15,17H,6-7H2,1-5H3/t10-,15+/m0/s1. The molecule has 0 bridgehead atoms. The summed E-state index contributed by atoms with van der Waals surface area (Å²) in [7, 11) is 1.69. The number of aryl methyl sites for hydroxylation is 1. The van der Waals surface area contributed by atoms with Gasteiger partial charge in [-0.3, -0.25) is 0 Å². The zero-order valence-electron chi connectivity index (χ0n) is 12.5. The van der Waals surface area contributed by atoms with E-state index in [4.69, 9.17) is 9.47 Å². The number of hydrogen-bond acceptors (Lipinski definition) is 3. The molecule has 1 heterocycles. The van der Waals surface area contributed by atoms with Crippen molar-refractivity contribution in [3.05, 3.63) is 23.3 Å². The SMILES string of the molecule is COc1cc2c(cc1C)OC(C)(C)[C@H](O)CC[C@@H]2C. The van der Waals surface area contributed by atoms with Gasteiger partial charge in [0.05, 0.1) is 13.2 Å². The van der Waals surface area contributed by atoms with Gasteiger partial charge in [0, 0.05) is 5.56 Å². The van der Waals surface area contributed by atoms with Gasteiger partial charge in [-0.1, -0.05) is 6.92 Å². The Labute approximate surface area is 115 Å². The van der Waals surface area contributed by atoms with Crippen molar-refractivity contribution < 1.29 is 14.6 Å². The third kappa shape index (κ3) is 2.71. The van der Waals surface area contributed by atoms with E-state index in [-0.39, 0.29) is 0 Å². The van der Waals surface area contributed by atoms with Gasteiger partial charge < -0.3 is 14.6 Å². The van der Waals surface area contributed by atoms with Gasteiger partial charge >= 0.3 is 0 Å². The van der Waals surface area contributed by atoms with Gasteiger partial charge in [0.1, 0.15) is 17.1 Å². The number of fused-ring (bicyclic) bond motifs is 1. The smallest absolute Gasteiger partial charge is 0.129 e. The van der Waals surface area contributed by atoms with Crippen LogP contribution in [0.3, 0.4) is 0 Å². The Morgan fingerprint density at radius 1 is 1.32 bits per heavy atom. The van der Waals surface area contributed by atoms with Gasteiger partial charge in [0.2, 0.25) is 0 Å². The normalized spacial score (nSPS) is 25.8. The molecule has 1 aliphatic heterocycles. The zero-order valence-corrected chi connectivity index (χ0v) is 12.5. The molecule has 0 radical (unpaired) electrons. The highest BCUT2D eigenvalue weighted by Gasteiger charge is 2.34. The second-order valence-electron chi connectivity index (χ2n) is 6.06. The number of hydrogen-bond donors (Lipinski definition) is 1. The molecule has 1 aromatic carbocycles. The predicted molar refractivity (Wildman–Crippen MR) is 76.1 cm³/mol. The lowest BCUT2D eigenvalue weighted by atomic mass is 9.87. The highest BCUT2D eigenvalue weighted by atomic mass is 16.5. The molecule has 0 amide bonds. The molecule has 0 aromatic heterocycles. The van der Waals surface area contributed by atoms with E-state index < -0.39 is 11.7 Å². The van der Waals surface area contributed by atoms with Crippen molar-refractivity contribution in [3.8, 4) is 11.5 Å².